The van der Waals surface area contributed by atoms with E-state index in [4.69, 9.17) is 0 Å². The molecule has 0 heterocycles. The number of carbonyl (C=O) groups is 1. The van der Waals surface area contributed by atoms with Gasteiger partial charge in [0.2, 0.25) is 0 Å². The standard InChI is InChI=1S/C17H25NO/c1-3-5-7-11-15-18(14-6-4-2)17(19)16-12-9-8-10-13-16/h3,8-10,12-13H,1,4-7,11,14-15H2,2H3. The summed E-state index contributed by atoms with van der Waals surface area (Å²) in [5.41, 5.74) is 0.794. The molecule has 0 aliphatic carbocycles. The highest BCUT2D eigenvalue weighted by molar-refractivity contribution is 5.94. The quantitative estimate of drug-likeness (QED) is 0.478. The summed E-state index contributed by atoms with van der Waals surface area (Å²) in [7, 11) is 0. The zero-order valence-corrected chi connectivity index (χ0v) is 12.0. The number of hydrogen-bond donors (Lipinski definition) is 0. The molecule has 2 nitrogen and oxygen atoms in total. The highest BCUT2D eigenvalue weighted by atomic mass is 16.2. The van der Waals surface area contributed by atoms with Crippen LogP contribution in [0, 0.1) is 0 Å². The van der Waals surface area contributed by atoms with E-state index in [9.17, 15) is 4.79 Å². The summed E-state index contributed by atoms with van der Waals surface area (Å²) in [5.74, 6) is 0.160. The second-order valence-corrected chi connectivity index (χ2v) is 4.80. The van der Waals surface area contributed by atoms with Gasteiger partial charge in [-0.05, 0) is 37.8 Å². The van der Waals surface area contributed by atoms with Crippen LogP contribution >= 0.6 is 0 Å². The average molecular weight is 259 g/mol. The Morgan fingerprint density at radius 3 is 2.47 bits per heavy atom. The molecule has 0 bridgehead atoms. The molecule has 1 aromatic carbocycles. The van der Waals surface area contributed by atoms with E-state index in [0.717, 1.165) is 50.8 Å². The lowest BCUT2D eigenvalue weighted by atomic mass is 10.1. The van der Waals surface area contributed by atoms with Crippen LogP contribution in [0.2, 0.25) is 0 Å². The summed E-state index contributed by atoms with van der Waals surface area (Å²) in [4.78, 5) is 14.4. The molecule has 0 aromatic heterocycles. The van der Waals surface area contributed by atoms with Crippen molar-refractivity contribution in [2.45, 2.75) is 39.0 Å². The Morgan fingerprint density at radius 1 is 1.16 bits per heavy atom. The third-order valence-electron chi connectivity index (χ3n) is 3.18. The molecule has 0 saturated carbocycles. The third kappa shape index (κ3) is 5.73. The van der Waals surface area contributed by atoms with E-state index in [1.165, 1.54) is 0 Å². The van der Waals surface area contributed by atoms with Crippen molar-refractivity contribution >= 4 is 5.91 Å². The van der Waals surface area contributed by atoms with Gasteiger partial charge in [-0.15, -0.1) is 6.58 Å². The molecule has 0 atom stereocenters. The Hall–Kier alpha value is -1.57. The van der Waals surface area contributed by atoms with E-state index in [2.05, 4.69) is 13.5 Å². The van der Waals surface area contributed by atoms with Gasteiger partial charge in [0, 0.05) is 18.7 Å². The SMILES string of the molecule is C=CCCCCN(CCCC)C(=O)c1ccccc1. The van der Waals surface area contributed by atoms with Gasteiger partial charge in [-0.2, -0.15) is 0 Å². The summed E-state index contributed by atoms with van der Waals surface area (Å²) in [6, 6.07) is 9.57. The lowest BCUT2D eigenvalue weighted by Gasteiger charge is -2.22. The van der Waals surface area contributed by atoms with Crippen molar-refractivity contribution in [1.82, 2.24) is 4.90 Å². The van der Waals surface area contributed by atoms with E-state index in [0.29, 0.717) is 0 Å². The minimum absolute atomic E-state index is 0.160. The maximum Gasteiger partial charge on any atom is 0.253 e. The first-order valence-corrected chi connectivity index (χ1v) is 7.24. The van der Waals surface area contributed by atoms with Crippen molar-refractivity contribution in [3.63, 3.8) is 0 Å². The molecular formula is C17H25NO. The summed E-state index contributed by atoms with van der Waals surface area (Å²) >= 11 is 0. The number of rotatable bonds is 9. The molecule has 0 radical (unpaired) electrons. The third-order valence-corrected chi connectivity index (χ3v) is 3.18. The summed E-state index contributed by atoms with van der Waals surface area (Å²) < 4.78 is 0. The minimum atomic E-state index is 0.160. The van der Waals surface area contributed by atoms with Crippen molar-refractivity contribution in [2.24, 2.45) is 0 Å². The predicted octanol–water partition coefficient (Wildman–Crippen LogP) is 4.29. The first-order chi connectivity index (χ1) is 9.29. The monoisotopic (exact) mass is 259 g/mol. The fourth-order valence-corrected chi connectivity index (χ4v) is 2.02. The lowest BCUT2D eigenvalue weighted by Crippen LogP contribution is -2.32. The smallest absolute Gasteiger partial charge is 0.253 e. The van der Waals surface area contributed by atoms with Crippen LogP contribution in [-0.4, -0.2) is 23.9 Å². The maximum atomic E-state index is 12.4. The van der Waals surface area contributed by atoms with E-state index in [1.54, 1.807) is 0 Å². The second-order valence-electron chi connectivity index (χ2n) is 4.80. The number of benzene rings is 1. The van der Waals surface area contributed by atoms with Crippen LogP contribution in [0.1, 0.15) is 49.4 Å². The van der Waals surface area contributed by atoms with Gasteiger partial charge >= 0.3 is 0 Å². The second kappa shape index (κ2) is 9.37. The van der Waals surface area contributed by atoms with Gasteiger partial charge in [0.25, 0.3) is 5.91 Å². The van der Waals surface area contributed by atoms with Crippen LogP contribution in [0.5, 0.6) is 0 Å². The molecule has 0 saturated heterocycles. The Kier molecular flexibility index (Phi) is 7.64. The number of carbonyl (C=O) groups excluding carboxylic acids is 1. The molecular weight excluding hydrogens is 234 g/mol. The van der Waals surface area contributed by atoms with E-state index in [-0.39, 0.29) is 5.91 Å². The Morgan fingerprint density at radius 2 is 1.84 bits per heavy atom. The summed E-state index contributed by atoms with van der Waals surface area (Å²) in [5, 5.41) is 0. The molecule has 0 spiro atoms. The van der Waals surface area contributed by atoms with E-state index in [1.807, 2.05) is 41.3 Å². The van der Waals surface area contributed by atoms with Crippen molar-refractivity contribution in [3.8, 4) is 0 Å². The number of hydrogen-bond acceptors (Lipinski definition) is 1. The van der Waals surface area contributed by atoms with Gasteiger partial charge in [-0.1, -0.05) is 37.6 Å². The number of unbranched alkanes of at least 4 members (excludes halogenated alkanes) is 3. The summed E-state index contributed by atoms with van der Waals surface area (Å²) in [6.07, 6.45) is 7.31. The molecule has 1 rings (SSSR count). The maximum absolute atomic E-state index is 12.4. The molecule has 0 aliphatic rings. The van der Waals surface area contributed by atoms with Crippen molar-refractivity contribution in [2.75, 3.05) is 13.1 Å². The van der Waals surface area contributed by atoms with Gasteiger partial charge in [0.15, 0.2) is 0 Å². The largest absolute Gasteiger partial charge is 0.339 e. The highest BCUT2D eigenvalue weighted by Crippen LogP contribution is 2.08. The fourth-order valence-electron chi connectivity index (χ4n) is 2.02. The Balaban J connectivity index is 2.56. The normalized spacial score (nSPS) is 10.2. The zero-order valence-electron chi connectivity index (χ0n) is 12.0. The lowest BCUT2D eigenvalue weighted by molar-refractivity contribution is 0.0750. The molecule has 1 aromatic rings. The van der Waals surface area contributed by atoms with Crippen molar-refractivity contribution < 1.29 is 4.79 Å². The first kappa shape index (κ1) is 15.5. The zero-order chi connectivity index (χ0) is 13.9. The average Bonchev–Trinajstić information content (AvgIpc) is 2.47. The molecule has 2 heteroatoms. The van der Waals surface area contributed by atoms with E-state index >= 15 is 0 Å². The van der Waals surface area contributed by atoms with Crippen LogP contribution in [-0.2, 0) is 0 Å². The Labute approximate surface area is 117 Å². The molecule has 1 amide bonds. The molecule has 0 N–H and O–H groups in total. The van der Waals surface area contributed by atoms with Gasteiger partial charge in [0.05, 0.1) is 0 Å². The molecule has 0 unspecified atom stereocenters. The van der Waals surface area contributed by atoms with Gasteiger partial charge in [0.1, 0.15) is 0 Å². The van der Waals surface area contributed by atoms with Gasteiger partial charge in [-0.3, -0.25) is 4.79 Å². The van der Waals surface area contributed by atoms with Crippen LogP contribution in [0.15, 0.2) is 43.0 Å². The topological polar surface area (TPSA) is 20.3 Å². The first-order valence-electron chi connectivity index (χ1n) is 7.24. The Bertz CT molecular complexity index is 372. The highest BCUT2D eigenvalue weighted by Gasteiger charge is 2.14. The predicted molar refractivity (Wildman–Crippen MR) is 81.3 cm³/mol. The fraction of sp³-hybridized carbons (Fsp3) is 0.471. The molecule has 19 heavy (non-hydrogen) atoms. The number of allylic oxidation sites excluding steroid dienone is 1. The van der Waals surface area contributed by atoms with Crippen LogP contribution in [0.25, 0.3) is 0 Å². The molecule has 0 aliphatic heterocycles. The molecule has 0 fully saturated rings. The minimum Gasteiger partial charge on any atom is -0.339 e. The van der Waals surface area contributed by atoms with Crippen molar-refractivity contribution in [1.29, 1.82) is 0 Å². The summed E-state index contributed by atoms with van der Waals surface area (Å²) in [6.45, 7) is 7.59. The van der Waals surface area contributed by atoms with Crippen LogP contribution < -0.4 is 0 Å². The number of amides is 1. The van der Waals surface area contributed by atoms with Gasteiger partial charge in [-0.25, -0.2) is 0 Å². The van der Waals surface area contributed by atoms with E-state index < -0.39 is 0 Å². The van der Waals surface area contributed by atoms with Crippen molar-refractivity contribution in [3.05, 3.63) is 48.6 Å². The number of nitrogens with zero attached hydrogens (tertiary/aromatic N) is 1. The van der Waals surface area contributed by atoms with Crippen LogP contribution in [0.4, 0.5) is 0 Å². The van der Waals surface area contributed by atoms with Crippen LogP contribution in [0.3, 0.4) is 0 Å². The van der Waals surface area contributed by atoms with Gasteiger partial charge < -0.3 is 4.90 Å². The molecule has 104 valence electrons.